The standard InChI is InChI=1S/C36H67O3Si/c1-23(2)40(33(5,6)7)39-31-19-22-36(11)29-18-21-35(10)27(24(3)13-12-20-34(8,9)38)16-17-28(35)26(29)14-15-30(36)32(31)25(4)37/h23-32,37-38H,12-22H2,1-11H3/t24-,25?,26+,27-,28+,29+,30+,31+,32?,35-,36-/m1/s1. The van der Waals surface area contributed by atoms with Crippen molar-refractivity contribution in [3.05, 3.63) is 0 Å². The Labute approximate surface area is 250 Å². The van der Waals surface area contributed by atoms with E-state index >= 15 is 0 Å². The van der Waals surface area contributed by atoms with Crippen LogP contribution in [0.2, 0.25) is 10.6 Å². The van der Waals surface area contributed by atoms with E-state index in [0.717, 1.165) is 48.9 Å². The van der Waals surface area contributed by atoms with Crippen LogP contribution in [0.4, 0.5) is 0 Å². The molecule has 4 aliphatic carbocycles. The third kappa shape index (κ3) is 6.32. The molecule has 0 aromatic carbocycles. The van der Waals surface area contributed by atoms with Gasteiger partial charge in [0, 0.05) is 5.92 Å². The molecular formula is C36H67O3Si. The highest BCUT2D eigenvalue weighted by Crippen LogP contribution is 2.69. The molecule has 3 nitrogen and oxygen atoms in total. The molecule has 40 heavy (non-hydrogen) atoms. The minimum Gasteiger partial charge on any atom is -0.413 e. The van der Waals surface area contributed by atoms with Crippen LogP contribution in [0.5, 0.6) is 0 Å². The monoisotopic (exact) mass is 575 g/mol. The molecule has 1 radical (unpaired) electrons. The number of fused-ring (bicyclic) bond motifs is 5. The minimum atomic E-state index is -0.995. The molecular weight excluding hydrogens is 508 g/mol. The van der Waals surface area contributed by atoms with Crippen LogP contribution >= 0.6 is 0 Å². The zero-order valence-electron chi connectivity index (χ0n) is 28.4. The summed E-state index contributed by atoms with van der Waals surface area (Å²) in [7, 11) is -0.995. The highest BCUT2D eigenvalue weighted by molar-refractivity contribution is 6.56. The topological polar surface area (TPSA) is 49.7 Å². The van der Waals surface area contributed by atoms with Crippen LogP contribution in [0.25, 0.3) is 0 Å². The summed E-state index contributed by atoms with van der Waals surface area (Å²) in [5.41, 5.74) is 0.873. The van der Waals surface area contributed by atoms with Gasteiger partial charge >= 0.3 is 0 Å². The highest BCUT2D eigenvalue weighted by atomic mass is 28.3. The zero-order chi connectivity index (χ0) is 29.8. The van der Waals surface area contributed by atoms with E-state index in [1.807, 2.05) is 13.8 Å². The van der Waals surface area contributed by atoms with E-state index < -0.39 is 14.6 Å². The maximum Gasteiger partial charge on any atom is 0.220 e. The fraction of sp³-hybridized carbons (Fsp3) is 1.00. The normalized spacial score (nSPS) is 41.9. The van der Waals surface area contributed by atoms with Gasteiger partial charge in [0.25, 0.3) is 0 Å². The Morgan fingerprint density at radius 3 is 2.00 bits per heavy atom. The summed E-state index contributed by atoms with van der Waals surface area (Å²) in [6, 6.07) is 0. The van der Waals surface area contributed by atoms with Crippen LogP contribution in [0, 0.1) is 52.3 Å². The average molecular weight is 576 g/mol. The second kappa shape index (κ2) is 11.9. The fourth-order valence-electron chi connectivity index (χ4n) is 11.6. The Bertz CT molecular complexity index is 842. The van der Waals surface area contributed by atoms with Crippen molar-refractivity contribution in [1.29, 1.82) is 0 Å². The van der Waals surface area contributed by atoms with Crippen LogP contribution < -0.4 is 0 Å². The largest absolute Gasteiger partial charge is 0.413 e. The van der Waals surface area contributed by atoms with E-state index in [-0.39, 0.29) is 23.2 Å². The van der Waals surface area contributed by atoms with Gasteiger partial charge in [0.05, 0.1) is 17.8 Å². The van der Waals surface area contributed by atoms with Crippen molar-refractivity contribution in [2.75, 3.05) is 0 Å². The number of rotatable bonds is 9. The Morgan fingerprint density at radius 2 is 1.43 bits per heavy atom. The van der Waals surface area contributed by atoms with Crippen molar-refractivity contribution in [2.45, 2.75) is 175 Å². The first-order chi connectivity index (χ1) is 18.4. The first-order valence-corrected chi connectivity index (χ1v) is 18.8. The molecule has 0 bridgehead atoms. The molecule has 4 aliphatic rings. The molecule has 11 atom stereocenters. The summed E-state index contributed by atoms with van der Waals surface area (Å²) in [5, 5.41) is 21.7. The van der Waals surface area contributed by atoms with Crippen LogP contribution in [-0.2, 0) is 4.43 Å². The lowest BCUT2D eigenvalue weighted by Gasteiger charge is -2.63. The molecule has 2 N–H and O–H groups in total. The lowest BCUT2D eigenvalue weighted by molar-refractivity contribution is -0.167. The molecule has 0 aromatic heterocycles. The van der Waals surface area contributed by atoms with Crippen LogP contribution in [0.3, 0.4) is 0 Å². The second-order valence-electron chi connectivity index (χ2n) is 17.8. The van der Waals surface area contributed by atoms with Gasteiger partial charge in [-0.3, -0.25) is 0 Å². The van der Waals surface area contributed by atoms with Crippen molar-refractivity contribution < 1.29 is 14.6 Å². The first-order valence-electron chi connectivity index (χ1n) is 17.3. The Morgan fingerprint density at radius 1 is 0.825 bits per heavy atom. The summed E-state index contributed by atoms with van der Waals surface area (Å²) in [4.78, 5) is 0. The van der Waals surface area contributed by atoms with Crippen molar-refractivity contribution in [3.8, 4) is 0 Å². The maximum absolute atomic E-state index is 11.3. The van der Waals surface area contributed by atoms with Gasteiger partial charge in [0.1, 0.15) is 0 Å². The Kier molecular flexibility index (Phi) is 9.80. The molecule has 2 unspecified atom stereocenters. The molecule has 0 saturated heterocycles. The molecule has 0 aliphatic heterocycles. The predicted molar refractivity (Wildman–Crippen MR) is 171 cm³/mol. The molecule has 0 spiro atoms. The molecule has 0 amide bonds. The summed E-state index contributed by atoms with van der Waals surface area (Å²) >= 11 is 0. The number of aliphatic hydroxyl groups excluding tert-OH is 1. The van der Waals surface area contributed by atoms with E-state index in [4.69, 9.17) is 4.43 Å². The Balaban J connectivity index is 1.49. The van der Waals surface area contributed by atoms with Crippen LogP contribution in [-0.4, -0.2) is 37.1 Å². The van der Waals surface area contributed by atoms with E-state index in [9.17, 15) is 10.2 Å². The molecule has 4 rings (SSSR count). The first kappa shape index (κ1) is 33.0. The SMILES string of the molecule is CC(O)C1[C@@H](O[Si](C(C)C)C(C)(C)C)CC[C@@]2(C)[C@H]1CC[C@@H]1[C@@H]2CC[C@]2(C)[C@@H]([C@H](C)CCCC(C)(C)O)CC[C@@H]12. The summed E-state index contributed by atoms with van der Waals surface area (Å²) in [6.45, 7) is 25.6. The van der Waals surface area contributed by atoms with Gasteiger partial charge in [-0.25, -0.2) is 0 Å². The van der Waals surface area contributed by atoms with E-state index in [0.29, 0.717) is 22.3 Å². The van der Waals surface area contributed by atoms with Crippen LogP contribution in [0.1, 0.15) is 147 Å². The van der Waals surface area contributed by atoms with Gasteiger partial charge in [-0.05, 0) is 135 Å². The fourth-order valence-corrected chi connectivity index (χ4v) is 14.5. The molecule has 4 saturated carbocycles. The summed E-state index contributed by atoms with van der Waals surface area (Å²) in [5.74, 6) is 5.02. The minimum absolute atomic E-state index is 0.207. The lowest BCUT2D eigenvalue weighted by atomic mass is 9.42. The summed E-state index contributed by atoms with van der Waals surface area (Å²) in [6.07, 6.45) is 13.9. The van der Waals surface area contributed by atoms with Crippen molar-refractivity contribution >= 4 is 9.04 Å². The number of hydrogen-bond acceptors (Lipinski definition) is 3. The molecule has 0 aromatic rings. The van der Waals surface area contributed by atoms with Crippen molar-refractivity contribution in [1.82, 2.24) is 0 Å². The van der Waals surface area contributed by atoms with E-state index in [1.54, 1.807) is 0 Å². The van der Waals surface area contributed by atoms with Gasteiger partial charge in [0.2, 0.25) is 9.04 Å². The van der Waals surface area contributed by atoms with Gasteiger partial charge in [-0.1, -0.05) is 68.2 Å². The van der Waals surface area contributed by atoms with E-state index in [1.165, 1.54) is 51.4 Å². The second-order valence-corrected chi connectivity index (χ2v) is 21.4. The zero-order valence-corrected chi connectivity index (χ0v) is 29.4. The quantitative estimate of drug-likeness (QED) is 0.269. The molecule has 0 heterocycles. The summed E-state index contributed by atoms with van der Waals surface area (Å²) < 4.78 is 7.13. The van der Waals surface area contributed by atoms with E-state index in [2.05, 4.69) is 62.3 Å². The van der Waals surface area contributed by atoms with Gasteiger partial charge in [-0.2, -0.15) is 0 Å². The van der Waals surface area contributed by atoms with Gasteiger partial charge < -0.3 is 14.6 Å². The van der Waals surface area contributed by atoms with Gasteiger partial charge in [-0.15, -0.1) is 0 Å². The van der Waals surface area contributed by atoms with Gasteiger partial charge in [0.15, 0.2) is 0 Å². The van der Waals surface area contributed by atoms with Crippen molar-refractivity contribution in [3.63, 3.8) is 0 Å². The molecule has 233 valence electrons. The average Bonchev–Trinajstić information content (AvgIpc) is 3.17. The smallest absolute Gasteiger partial charge is 0.220 e. The maximum atomic E-state index is 11.3. The third-order valence-electron chi connectivity index (χ3n) is 13.1. The third-order valence-corrected chi connectivity index (χ3v) is 16.2. The molecule has 4 fully saturated rings. The number of aliphatic hydroxyl groups is 2. The van der Waals surface area contributed by atoms with Crippen molar-refractivity contribution in [2.24, 2.45) is 52.3 Å². The van der Waals surface area contributed by atoms with Crippen LogP contribution in [0.15, 0.2) is 0 Å². The lowest BCUT2D eigenvalue weighted by Crippen LogP contribution is -2.59. The predicted octanol–water partition coefficient (Wildman–Crippen LogP) is 9.42. The molecule has 4 heteroatoms. The highest BCUT2D eigenvalue weighted by Gasteiger charge is 2.62. The Hall–Kier alpha value is 0.0969. The number of hydrogen-bond donors (Lipinski definition) is 2.